The predicted octanol–water partition coefficient (Wildman–Crippen LogP) is 8.21. The summed E-state index contributed by atoms with van der Waals surface area (Å²) in [7, 11) is 2.45. The number of nitrogens with zero attached hydrogens (tertiary/aromatic N) is 3. The smallest absolute Gasteiger partial charge is 0.407 e. The number of amides is 4. The van der Waals surface area contributed by atoms with Crippen molar-refractivity contribution in [2.45, 2.75) is 76.4 Å². The van der Waals surface area contributed by atoms with Crippen molar-refractivity contribution in [2.75, 3.05) is 25.7 Å². The number of carbonyl (C=O) groups is 4. The van der Waals surface area contributed by atoms with Gasteiger partial charge in [-0.25, -0.2) is 28.3 Å². The fourth-order valence-electron chi connectivity index (χ4n) is 8.67. The van der Waals surface area contributed by atoms with E-state index in [1.54, 1.807) is 38.1 Å². The topological polar surface area (TPSA) is 183 Å². The number of aryl methyl sites for hydroxylation is 1. The highest BCUT2D eigenvalue weighted by atomic mass is 19.3. The second kappa shape index (κ2) is 17.9. The van der Waals surface area contributed by atoms with Gasteiger partial charge in [0.2, 0.25) is 11.8 Å². The van der Waals surface area contributed by atoms with Crippen LogP contribution >= 0.6 is 0 Å². The van der Waals surface area contributed by atoms with E-state index in [2.05, 4.69) is 59.9 Å². The van der Waals surface area contributed by atoms with Crippen LogP contribution in [0.15, 0.2) is 91.3 Å². The minimum absolute atomic E-state index is 0.189. The van der Waals surface area contributed by atoms with Crippen molar-refractivity contribution < 1.29 is 37.4 Å². The number of aromatic nitrogens is 4. The molecule has 0 fully saturated rings. The molecule has 0 spiro atoms. The van der Waals surface area contributed by atoms with E-state index in [-0.39, 0.29) is 17.9 Å². The molecular formula is C48H50F2N8O6. The number of rotatable bonds is 13. The van der Waals surface area contributed by atoms with E-state index in [0.717, 1.165) is 62.6 Å². The number of methoxy groups -OCH3 is 2. The minimum Gasteiger partial charge on any atom is -0.453 e. The summed E-state index contributed by atoms with van der Waals surface area (Å²) in [5, 5.41) is 9.39. The average Bonchev–Trinajstić information content (AvgIpc) is 4.06. The molecule has 2 aromatic heterocycles. The third kappa shape index (κ3) is 9.03. The van der Waals surface area contributed by atoms with E-state index in [9.17, 15) is 19.2 Å². The number of nitrogens with one attached hydrogen (secondary N) is 5. The Hall–Kier alpha value is -7.10. The van der Waals surface area contributed by atoms with Gasteiger partial charge in [-0.2, -0.15) is 0 Å². The van der Waals surface area contributed by atoms with Crippen LogP contribution in [0.3, 0.4) is 0 Å². The predicted molar refractivity (Wildman–Crippen MR) is 238 cm³/mol. The molecule has 2 aliphatic heterocycles. The molecule has 0 radical (unpaired) electrons. The van der Waals surface area contributed by atoms with Crippen molar-refractivity contribution >= 4 is 40.5 Å². The maximum Gasteiger partial charge on any atom is 0.407 e. The van der Waals surface area contributed by atoms with Crippen LogP contribution in [0.5, 0.6) is 0 Å². The van der Waals surface area contributed by atoms with Crippen molar-refractivity contribution in [1.29, 1.82) is 0 Å². The van der Waals surface area contributed by atoms with Crippen LogP contribution in [-0.2, 0) is 31.9 Å². The number of benzene rings is 4. The van der Waals surface area contributed by atoms with Gasteiger partial charge in [-0.3, -0.25) is 14.5 Å². The number of para-hydroxylation sites is 1. The van der Waals surface area contributed by atoms with Crippen molar-refractivity contribution in [3.63, 3.8) is 0 Å². The summed E-state index contributed by atoms with van der Waals surface area (Å²) in [4.78, 5) is 68.0. The summed E-state index contributed by atoms with van der Waals surface area (Å²) in [5.41, 5.74) is 8.38. The summed E-state index contributed by atoms with van der Waals surface area (Å²) in [6, 6.07) is 24.4. The molecule has 14 nitrogen and oxygen atoms in total. The average molecular weight is 873 g/mol. The largest absolute Gasteiger partial charge is 0.453 e. The van der Waals surface area contributed by atoms with E-state index >= 15 is 8.78 Å². The SMILES string of the molecule is COC(=O)NC1CCc2cccc3c2N(C1=O)C(c1ncc(-c2ccc(-c4ccc5cc(-c6cnc(C(C)CC(F)(F)CNC(=O)C(NC(=O)OC)C(C)C)[nH]6)ccc5c4)cc2)[nH]1)C3. The number of H-pyrrole nitrogens is 2. The Morgan fingerprint density at radius 3 is 2.19 bits per heavy atom. The molecule has 0 aliphatic carbocycles. The molecule has 332 valence electrons. The monoisotopic (exact) mass is 872 g/mol. The van der Waals surface area contributed by atoms with Crippen LogP contribution < -0.4 is 20.9 Å². The van der Waals surface area contributed by atoms with Crippen molar-refractivity contribution in [3.05, 3.63) is 114 Å². The maximum atomic E-state index is 15.1. The lowest BCUT2D eigenvalue weighted by atomic mass is 9.98. The first-order valence-corrected chi connectivity index (χ1v) is 21.2. The Balaban J connectivity index is 0.914. The molecule has 64 heavy (non-hydrogen) atoms. The van der Waals surface area contributed by atoms with Gasteiger partial charge in [0, 0.05) is 24.3 Å². The number of halogens is 2. The highest BCUT2D eigenvalue weighted by Crippen LogP contribution is 2.45. The molecule has 4 unspecified atom stereocenters. The summed E-state index contributed by atoms with van der Waals surface area (Å²) in [5.74, 6) is -4.07. The normalized spacial score (nSPS) is 16.8. The van der Waals surface area contributed by atoms with E-state index in [0.29, 0.717) is 36.6 Å². The van der Waals surface area contributed by atoms with Crippen molar-refractivity contribution in [2.24, 2.45) is 5.92 Å². The maximum absolute atomic E-state index is 15.1. The number of ether oxygens (including phenoxy) is 2. The van der Waals surface area contributed by atoms with Gasteiger partial charge in [0.15, 0.2) is 0 Å². The second-order valence-electron chi connectivity index (χ2n) is 16.8. The van der Waals surface area contributed by atoms with Gasteiger partial charge in [-0.1, -0.05) is 87.5 Å². The third-order valence-electron chi connectivity index (χ3n) is 12.1. The van der Waals surface area contributed by atoms with Gasteiger partial charge in [0.1, 0.15) is 23.7 Å². The lowest BCUT2D eigenvalue weighted by molar-refractivity contribution is -0.126. The number of hydrogen-bond acceptors (Lipinski definition) is 8. The van der Waals surface area contributed by atoms with E-state index in [1.807, 2.05) is 54.6 Å². The van der Waals surface area contributed by atoms with E-state index < -0.39 is 55.0 Å². The van der Waals surface area contributed by atoms with E-state index in [1.165, 1.54) is 7.11 Å². The lowest BCUT2D eigenvalue weighted by Crippen LogP contribution is -2.51. The lowest BCUT2D eigenvalue weighted by Gasteiger charge is -2.27. The fraction of sp³-hybridized carbons (Fsp3) is 0.333. The highest BCUT2D eigenvalue weighted by molar-refractivity contribution is 6.02. The standard InChI is InChI=1S/C48H50F2N8O6/c1-26(2)40(57-47(62)64-5)44(59)53-25-48(49,50)22-27(3)42-51-24-38(54-42)34-16-15-32-19-31(13-14-33(32)20-34)28-9-11-29(12-10-28)37-23-52-43(55-37)39-21-35-8-6-7-30-17-18-36(56-46(61)63-4)45(60)58(39)41(30)35/h6-16,19-20,23-24,26-27,36,39-40H,17-18,21-22,25H2,1-5H3,(H,51,54)(H,52,55)(H,53,59)(H,56,61)(H,57,62). The number of alkyl carbamates (subject to hydrolysis) is 2. The third-order valence-corrected chi connectivity index (χ3v) is 12.1. The molecule has 0 bridgehead atoms. The van der Waals surface area contributed by atoms with E-state index in [4.69, 9.17) is 9.72 Å². The number of fused-ring (bicyclic) bond motifs is 1. The number of anilines is 1. The van der Waals surface area contributed by atoms with Crippen LogP contribution in [0, 0.1) is 5.92 Å². The molecule has 6 aromatic rings. The summed E-state index contributed by atoms with van der Waals surface area (Å²) in [6.45, 7) is 4.15. The molecule has 8 rings (SSSR count). The molecule has 2 aliphatic rings. The van der Waals surface area contributed by atoms with Crippen LogP contribution in [-0.4, -0.2) is 82.7 Å². The number of aromatic amines is 2. The highest BCUT2D eigenvalue weighted by Gasteiger charge is 2.43. The second-order valence-corrected chi connectivity index (χ2v) is 16.8. The Kier molecular flexibility index (Phi) is 12.2. The Labute approximate surface area is 368 Å². The van der Waals surface area contributed by atoms with Crippen molar-refractivity contribution in [3.8, 4) is 33.6 Å². The van der Waals surface area contributed by atoms with Gasteiger partial charge in [-0.15, -0.1) is 0 Å². The van der Waals surface area contributed by atoms with Crippen LogP contribution in [0.4, 0.5) is 24.1 Å². The van der Waals surface area contributed by atoms with Gasteiger partial charge < -0.3 is 35.4 Å². The fourth-order valence-corrected chi connectivity index (χ4v) is 8.67. The molecule has 0 saturated heterocycles. The van der Waals surface area contributed by atoms with Crippen molar-refractivity contribution in [1.82, 2.24) is 35.9 Å². The molecule has 4 heterocycles. The molecule has 0 saturated carbocycles. The molecule has 4 aromatic carbocycles. The van der Waals surface area contributed by atoms with Crippen LogP contribution in [0.2, 0.25) is 0 Å². The molecule has 16 heteroatoms. The quantitative estimate of drug-likeness (QED) is 0.0769. The van der Waals surface area contributed by atoms with Gasteiger partial charge in [0.05, 0.1) is 56.3 Å². The zero-order chi connectivity index (χ0) is 45.3. The molecule has 4 amide bonds. The Morgan fingerprint density at radius 2 is 1.47 bits per heavy atom. The van der Waals surface area contributed by atoms with Crippen LogP contribution in [0.25, 0.3) is 44.4 Å². The van der Waals surface area contributed by atoms with Gasteiger partial charge in [-0.05, 0) is 69.5 Å². The van der Waals surface area contributed by atoms with Crippen LogP contribution in [0.1, 0.15) is 68.3 Å². The molecule has 4 atom stereocenters. The number of hydrogen-bond donors (Lipinski definition) is 5. The first-order chi connectivity index (χ1) is 30.7. The zero-order valence-electron chi connectivity index (χ0n) is 36.1. The first kappa shape index (κ1) is 43.5. The number of carbonyl (C=O) groups excluding carboxylic acids is 4. The summed E-state index contributed by atoms with van der Waals surface area (Å²) >= 11 is 0. The molecular weight excluding hydrogens is 823 g/mol. The summed E-state index contributed by atoms with van der Waals surface area (Å²) in [6.07, 6.45) is 3.12. The minimum atomic E-state index is -3.24. The Morgan fingerprint density at radius 1 is 0.828 bits per heavy atom. The Bertz CT molecular complexity index is 2710. The number of imidazole rings is 2. The van der Waals surface area contributed by atoms with Gasteiger partial charge >= 0.3 is 12.2 Å². The number of alkyl halides is 2. The first-order valence-electron chi connectivity index (χ1n) is 21.2. The van der Waals surface area contributed by atoms with Gasteiger partial charge in [0.25, 0.3) is 5.92 Å². The summed E-state index contributed by atoms with van der Waals surface area (Å²) < 4.78 is 39.5. The molecule has 5 N–H and O–H groups in total. The zero-order valence-corrected chi connectivity index (χ0v) is 36.1.